The van der Waals surface area contributed by atoms with Gasteiger partial charge in [0.05, 0.1) is 0 Å². The van der Waals surface area contributed by atoms with Crippen LogP contribution in [0.4, 0.5) is 0 Å². The summed E-state index contributed by atoms with van der Waals surface area (Å²) < 4.78 is 1.74. The van der Waals surface area contributed by atoms with Crippen LogP contribution in [0.3, 0.4) is 0 Å². The molecular weight excluding hydrogens is 989 g/mol. The molecule has 4 heterocycles. The minimum absolute atomic E-state index is 0.100. The van der Waals surface area contributed by atoms with E-state index in [1.54, 1.807) is 27.7 Å². The third kappa shape index (κ3) is 16.1. The minimum Gasteiger partial charge on any atom is -0.352 e. The topological polar surface area (TPSA) is 401 Å². The molecule has 30 heteroatoms. The van der Waals surface area contributed by atoms with Gasteiger partial charge in [-0.25, -0.2) is 9.59 Å². The molecule has 4 rings (SSSR count). The Bertz CT molecular complexity index is 2500. The molecular formula is C42H60N14O14S2. The Morgan fingerprint density at radius 3 is 1.21 bits per heavy atom. The Labute approximate surface area is 418 Å². The molecule has 2 aliphatic heterocycles. The number of hydrogen-bond acceptors (Lipinski definition) is 16. The molecule has 0 spiro atoms. The van der Waals surface area contributed by atoms with Gasteiger partial charge in [-0.15, -0.1) is 0 Å². The largest absolute Gasteiger partial charge is 0.352 e. The number of carbonyl (C=O) groups is 10. The smallest absolute Gasteiger partial charge is 0.328 e. The molecule has 2 aromatic heterocycles. The van der Waals surface area contributed by atoms with Crippen molar-refractivity contribution in [3.05, 3.63) is 65.2 Å². The van der Waals surface area contributed by atoms with Crippen molar-refractivity contribution in [1.29, 1.82) is 0 Å². The van der Waals surface area contributed by atoms with E-state index in [9.17, 15) is 67.1 Å². The Kier molecular flexibility index (Phi) is 20.5. The number of amides is 10. The zero-order valence-electron chi connectivity index (χ0n) is 40.6. The second kappa shape index (κ2) is 25.7. The van der Waals surface area contributed by atoms with Gasteiger partial charge >= 0.3 is 11.4 Å². The molecule has 2 fully saturated rings. The van der Waals surface area contributed by atoms with Crippen molar-refractivity contribution < 1.29 is 47.9 Å². The zero-order chi connectivity index (χ0) is 53.7. The van der Waals surface area contributed by atoms with Crippen LogP contribution >= 0.6 is 21.6 Å². The van der Waals surface area contributed by atoms with Crippen molar-refractivity contribution in [2.45, 2.75) is 117 Å². The van der Waals surface area contributed by atoms with E-state index in [1.807, 2.05) is 0 Å². The number of aryl methyl sites for hydroxylation is 2. The van der Waals surface area contributed by atoms with E-state index in [2.05, 4.69) is 63.1 Å². The highest BCUT2D eigenvalue weighted by atomic mass is 33.1. The number of rotatable bonds is 8. The Morgan fingerprint density at radius 1 is 0.528 bits per heavy atom. The van der Waals surface area contributed by atoms with Crippen molar-refractivity contribution in [3.63, 3.8) is 0 Å². The number of aromatic nitrogens is 4. The van der Waals surface area contributed by atoms with Crippen LogP contribution in [0.25, 0.3) is 0 Å². The lowest BCUT2D eigenvalue weighted by atomic mass is 10.0. The van der Waals surface area contributed by atoms with Crippen LogP contribution in [-0.4, -0.2) is 151 Å². The number of H-pyrrole nitrogens is 2. The van der Waals surface area contributed by atoms with Crippen LogP contribution in [-0.2, 0) is 61.0 Å². The molecule has 394 valence electrons. The maximum absolute atomic E-state index is 14.1. The average molecular weight is 1050 g/mol. The summed E-state index contributed by atoms with van der Waals surface area (Å²) in [7, 11) is 1.96. The third-order valence-corrected chi connectivity index (χ3v) is 13.5. The van der Waals surface area contributed by atoms with E-state index in [0.29, 0.717) is 0 Å². The first kappa shape index (κ1) is 57.3. The molecule has 2 saturated heterocycles. The fourth-order valence-electron chi connectivity index (χ4n) is 6.83. The lowest BCUT2D eigenvalue weighted by molar-refractivity contribution is -0.135. The van der Waals surface area contributed by atoms with Gasteiger partial charge in [0.25, 0.3) is 11.1 Å². The summed E-state index contributed by atoms with van der Waals surface area (Å²) >= 11 is 0. The molecule has 28 nitrogen and oxygen atoms in total. The van der Waals surface area contributed by atoms with Crippen molar-refractivity contribution in [2.24, 2.45) is 11.8 Å². The summed E-state index contributed by atoms with van der Waals surface area (Å²) in [4.78, 5) is 190. The summed E-state index contributed by atoms with van der Waals surface area (Å²) in [5.41, 5.74) is -3.02. The molecule has 0 saturated carbocycles. The number of nitrogens with one attached hydrogen (secondary N) is 12. The fraction of sp³-hybridized carbons (Fsp3) is 0.571. The van der Waals surface area contributed by atoms with Gasteiger partial charge < -0.3 is 53.2 Å². The van der Waals surface area contributed by atoms with Crippen LogP contribution in [0.2, 0.25) is 0 Å². The zero-order valence-corrected chi connectivity index (χ0v) is 42.2. The first-order chi connectivity index (χ1) is 33.7. The maximum atomic E-state index is 14.1. The molecule has 0 aromatic carbocycles. The lowest BCUT2D eigenvalue weighted by Crippen LogP contribution is -2.62. The van der Waals surface area contributed by atoms with Crippen LogP contribution in [0.15, 0.2) is 31.6 Å². The van der Waals surface area contributed by atoms with Crippen LogP contribution in [0.1, 0.15) is 52.7 Å². The molecule has 72 heavy (non-hydrogen) atoms. The average Bonchev–Trinajstić information content (AvgIpc) is 3.29. The third-order valence-electron chi connectivity index (χ3n) is 11.1. The van der Waals surface area contributed by atoms with Gasteiger partial charge in [0, 0.05) is 48.1 Å². The van der Waals surface area contributed by atoms with Crippen molar-refractivity contribution in [2.75, 3.05) is 24.6 Å². The van der Waals surface area contributed by atoms with Gasteiger partial charge in [-0.3, -0.25) is 76.6 Å². The molecule has 0 radical (unpaired) electrons. The number of aromatic amines is 2. The Hall–Kier alpha value is -7.24. The highest BCUT2D eigenvalue weighted by Gasteiger charge is 2.36. The highest BCUT2D eigenvalue weighted by molar-refractivity contribution is 8.76. The van der Waals surface area contributed by atoms with Crippen molar-refractivity contribution >= 4 is 80.7 Å². The second-order valence-corrected chi connectivity index (χ2v) is 20.3. The van der Waals surface area contributed by atoms with Crippen LogP contribution < -0.4 is 75.7 Å². The minimum atomic E-state index is -1.63. The van der Waals surface area contributed by atoms with E-state index in [1.165, 1.54) is 27.7 Å². The molecule has 2 bridgehead atoms. The normalized spacial score (nSPS) is 24.8. The maximum Gasteiger partial charge on any atom is 0.328 e. The van der Waals surface area contributed by atoms with E-state index in [4.69, 9.17) is 0 Å². The van der Waals surface area contributed by atoms with Gasteiger partial charge in [0.15, 0.2) is 0 Å². The Balaban J connectivity index is 1.72. The van der Waals surface area contributed by atoms with Gasteiger partial charge in [-0.1, -0.05) is 49.3 Å². The van der Waals surface area contributed by atoms with Crippen LogP contribution in [0, 0.1) is 25.7 Å². The molecule has 8 atom stereocenters. The standard InChI is InChI=1S/C42H60N14O14S2/c1-17(2)29-39(67)43-9-23(47-27(57)13-55-11-19(5)31(59)53-41(55)69)35(63)45-22(8)34(62)50-26-16-72-71-15-25(37(65)51-29)49-33(61)21(7)46-36(64)24(10-44-40(68)30(18(3)4)52-38(26)66)48-28(58)14-56-12-20(6)32(60)54-42(56)70/h11-12,17-18,21-26,29-30H,9-10,13-16H2,1-8H3,(H,43,67)(H,44,68)(H,45,63)(H,46,64)(H,47,57)(H,48,58)(H,49,61)(H,50,62)(H,51,65)(H,52,66)(H,53,59,69)(H,54,60,70)/t21-,22-,23-,24-,25-,26-,29-,30-/m0/s1. The number of carbonyl (C=O) groups excluding carboxylic acids is 10. The Morgan fingerprint density at radius 2 is 0.875 bits per heavy atom. The predicted molar refractivity (Wildman–Crippen MR) is 260 cm³/mol. The summed E-state index contributed by atoms with van der Waals surface area (Å²) in [6.45, 7) is 9.02. The molecule has 2 aromatic rings. The number of hydrogen-bond donors (Lipinski definition) is 12. The van der Waals surface area contributed by atoms with Gasteiger partial charge in [-0.05, 0) is 39.5 Å². The molecule has 10 amide bonds. The summed E-state index contributed by atoms with van der Waals surface area (Å²) in [6.07, 6.45) is 2.25. The first-order valence-corrected chi connectivity index (χ1v) is 25.1. The quantitative estimate of drug-likeness (QED) is 0.109. The van der Waals surface area contributed by atoms with E-state index in [-0.39, 0.29) is 22.6 Å². The fourth-order valence-corrected chi connectivity index (χ4v) is 9.16. The molecule has 0 aliphatic carbocycles. The monoisotopic (exact) mass is 1050 g/mol. The highest BCUT2D eigenvalue weighted by Crippen LogP contribution is 2.24. The predicted octanol–water partition coefficient (Wildman–Crippen LogP) is -6.43. The first-order valence-electron chi connectivity index (χ1n) is 22.6. The van der Waals surface area contributed by atoms with Crippen molar-refractivity contribution in [3.8, 4) is 0 Å². The van der Waals surface area contributed by atoms with E-state index < -0.39 is 168 Å². The van der Waals surface area contributed by atoms with Crippen LogP contribution in [0.5, 0.6) is 0 Å². The summed E-state index contributed by atoms with van der Waals surface area (Å²) in [5, 5.41) is 25.0. The lowest BCUT2D eigenvalue weighted by Gasteiger charge is -2.29. The summed E-state index contributed by atoms with van der Waals surface area (Å²) in [5.74, 6) is -10.9. The van der Waals surface area contributed by atoms with E-state index >= 15 is 0 Å². The van der Waals surface area contributed by atoms with Gasteiger partial charge in [0.2, 0.25) is 59.1 Å². The van der Waals surface area contributed by atoms with Crippen molar-refractivity contribution in [1.82, 2.24) is 72.3 Å². The SMILES string of the molecule is Cc1cn(CC(=O)N[C@H]2CNC(=O)[C@H](C(C)C)NC(=O)[C@@H]3CSSC[C@H](NC(=O)[C@H](C)NC2=O)C(=O)N[C@@H](C(C)C)C(=O)NC[C@H](NC(=O)Cn2cc(C)c(=O)[nH]c2=O)C(=O)N[C@@H](C)C(=O)N3)c(=O)[nH]c1=O. The van der Waals surface area contributed by atoms with E-state index in [0.717, 1.165) is 43.1 Å². The molecule has 12 N–H and O–H groups in total. The number of fused-ring (bicyclic) bond motifs is 5. The molecule has 0 unspecified atom stereocenters. The van der Waals surface area contributed by atoms with Gasteiger partial charge in [-0.2, -0.15) is 0 Å². The second-order valence-electron chi connectivity index (χ2n) is 17.7. The molecule has 2 aliphatic rings. The number of nitrogens with zero attached hydrogens (tertiary/aromatic N) is 2. The van der Waals surface area contributed by atoms with Gasteiger partial charge in [0.1, 0.15) is 61.4 Å². The summed E-state index contributed by atoms with van der Waals surface area (Å²) in [6, 6.07) is -11.7.